The number of hydrogen-bond acceptors (Lipinski definition) is 5. The number of carboxylic acids is 1. The Labute approximate surface area is 104 Å². The Morgan fingerprint density at radius 3 is 2.61 bits per heavy atom. The van der Waals surface area contributed by atoms with E-state index in [1.165, 1.54) is 13.4 Å². The molecule has 2 rings (SSSR count). The van der Waals surface area contributed by atoms with Crippen molar-refractivity contribution < 1.29 is 23.8 Å². The van der Waals surface area contributed by atoms with Crippen LogP contribution >= 0.6 is 0 Å². The predicted molar refractivity (Wildman–Crippen MR) is 60.2 cm³/mol. The third kappa shape index (κ3) is 2.52. The normalized spacial score (nSPS) is 23.6. The molecule has 0 aromatic carbocycles. The zero-order chi connectivity index (χ0) is 13.1. The number of aromatic nitrogens is 1. The quantitative estimate of drug-likeness (QED) is 0.826. The lowest BCUT2D eigenvalue weighted by Gasteiger charge is -2.23. The van der Waals surface area contributed by atoms with E-state index < -0.39 is 11.9 Å². The summed E-state index contributed by atoms with van der Waals surface area (Å²) in [6.45, 7) is 0. The summed E-state index contributed by atoms with van der Waals surface area (Å²) in [6.07, 6.45) is 3.96. The van der Waals surface area contributed by atoms with Crippen LogP contribution in [0.25, 0.3) is 0 Å². The van der Waals surface area contributed by atoms with Crippen LogP contribution in [0, 0.1) is 5.92 Å². The van der Waals surface area contributed by atoms with Crippen molar-refractivity contribution in [2.45, 2.75) is 31.6 Å². The molecule has 1 aliphatic carbocycles. The SMILES string of the molecule is COC(=O)c1coc(C2CCC(C(=O)O)CC2)n1. The number of esters is 1. The van der Waals surface area contributed by atoms with Gasteiger partial charge >= 0.3 is 11.9 Å². The zero-order valence-electron chi connectivity index (χ0n) is 10.1. The van der Waals surface area contributed by atoms with E-state index in [2.05, 4.69) is 9.72 Å². The molecule has 1 aromatic heterocycles. The molecule has 98 valence electrons. The van der Waals surface area contributed by atoms with Crippen molar-refractivity contribution in [2.24, 2.45) is 5.92 Å². The number of ether oxygens (including phenoxy) is 1. The molecule has 0 aliphatic heterocycles. The van der Waals surface area contributed by atoms with Crippen molar-refractivity contribution in [3.63, 3.8) is 0 Å². The van der Waals surface area contributed by atoms with Gasteiger partial charge in [0.1, 0.15) is 6.26 Å². The van der Waals surface area contributed by atoms with Gasteiger partial charge in [-0.25, -0.2) is 9.78 Å². The third-order valence-electron chi connectivity index (χ3n) is 3.34. The molecular weight excluding hydrogens is 238 g/mol. The molecule has 0 amide bonds. The van der Waals surface area contributed by atoms with E-state index in [1.54, 1.807) is 0 Å². The minimum absolute atomic E-state index is 0.0963. The van der Waals surface area contributed by atoms with E-state index in [-0.39, 0.29) is 17.5 Å². The van der Waals surface area contributed by atoms with Crippen molar-refractivity contribution in [1.29, 1.82) is 0 Å². The lowest BCUT2D eigenvalue weighted by atomic mass is 9.82. The standard InChI is InChI=1S/C12H15NO5/c1-17-12(16)9-6-18-10(13-9)7-2-4-8(5-3-7)11(14)15/h6-8H,2-5H2,1H3,(H,14,15). The van der Waals surface area contributed by atoms with Gasteiger partial charge in [0.25, 0.3) is 0 Å². The fourth-order valence-electron chi connectivity index (χ4n) is 2.26. The Balaban J connectivity index is 1.99. The largest absolute Gasteiger partial charge is 0.481 e. The maximum Gasteiger partial charge on any atom is 0.360 e. The summed E-state index contributed by atoms with van der Waals surface area (Å²) in [5, 5.41) is 8.90. The molecule has 1 aromatic rings. The fourth-order valence-corrected chi connectivity index (χ4v) is 2.26. The van der Waals surface area contributed by atoms with Crippen LogP contribution in [-0.2, 0) is 9.53 Å². The Hall–Kier alpha value is -1.85. The number of carbonyl (C=O) groups excluding carboxylic acids is 1. The number of carboxylic acid groups (broad SMARTS) is 1. The van der Waals surface area contributed by atoms with Crippen molar-refractivity contribution in [1.82, 2.24) is 4.98 Å². The van der Waals surface area contributed by atoms with Crippen LogP contribution in [0.3, 0.4) is 0 Å². The highest BCUT2D eigenvalue weighted by Crippen LogP contribution is 2.35. The molecule has 1 saturated carbocycles. The topological polar surface area (TPSA) is 89.6 Å². The summed E-state index contributed by atoms with van der Waals surface area (Å²) in [6, 6.07) is 0. The summed E-state index contributed by atoms with van der Waals surface area (Å²) in [4.78, 5) is 26.1. The number of oxazole rings is 1. The van der Waals surface area contributed by atoms with Crippen LogP contribution in [0.2, 0.25) is 0 Å². The van der Waals surface area contributed by atoms with Gasteiger partial charge in [0.2, 0.25) is 0 Å². The van der Waals surface area contributed by atoms with Crippen LogP contribution in [0.15, 0.2) is 10.7 Å². The molecule has 6 nitrogen and oxygen atoms in total. The highest BCUT2D eigenvalue weighted by atomic mass is 16.5. The van der Waals surface area contributed by atoms with Crippen molar-refractivity contribution in [2.75, 3.05) is 7.11 Å². The second kappa shape index (κ2) is 5.20. The minimum atomic E-state index is -0.740. The molecule has 1 heterocycles. The van der Waals surface area contributed by atoms with Gasteiger partial charge in [0.15, 0.2) is 11.6 Å². The summed E-state index contributed by atoms with van der Waals surface area (Å²) in [5.41, 5.74) is 0.160. The molecule has 0 bridgehead atoms. The molecule has 0 unspecified atom stereocenters. The van der Waals surface area contributed by atoms with Gasteiger partial charge < -0.3 is 14.3 Å². The summed E-state index contributed by atoms with van der Waals surface area (Å²) in [5.74, 6) is -0.935. The molecule has 0 spiro atoms. The van der Waals surface area contributed by atoms with Crippen LogP contribution in [-0.4, -0.2) is 29.1 Å². The van der Waals surface area contributed by atoms with E-state index in [0.717, 1.165) is 12.8 Å². The number of aliphatic carboxylic acids is 1. The number of carbonyl (C=O) groups is 2. The lowest BCUT2D eigenvalue weighted by molar-refractivity contribution is -0.142. The number of nitrogens with zero attached hydrogens (tertiary/aromatic N) is 1. The molecule has 0 saturated heterocycles. The van der Waals surface area contributed by atoms with E-state index in [1.807, 2.05) is 0 Å². The average molecular weight is 253 g/mol. The first kappa shape index (κ1) is 12.6. The smallest absolute Gasteiger partial charge is 0.360 e. The zero-order valence-corrected chi connectivity index (χ0v) is 10.1. The van der Waals surface area contributed by atoms with Gasteiger partial charge in [-0.2, -0.15) is 0 Å². The molecule has 1 aliphatic rings. The first-order valence-electron chi connectivity index (χ1n) is 5.88. The maximum atomic E-state index is 11.2. The molecule has 1 N–H and O–H groups in total. The van der Waals surface area contributed by atoms with E-state index in [0.29, 0.717) is 18.7 Å². The first-order chi connectivity index (χ1) is 8.61. The van der Waals surface area contributed by atoms with Crippen molar-refractivity contribution in [3.05, 3.63) is 17.8 Å². The monoisotopic (exact) mass is 253 g/mol. The Bertz CT molecular complexity index is 445. The van der Waals surface area contributed by atoms with Crippen LogP contribution in [0.5, 0.6) is 0 Å². The number of hydrogen-bond donors (Lipinski definition) is 1. The van der Waals surface area contributed by atoms with Gasteiger partial charge in [-0.05, 0) is 25.7 Å². The van der Waals surface area contributed by atoms with Gasteiger partial charge in [-0.3, -0.25) is 4.79 Å². The van der Waals surface area contributed by atoms with Crippen LogP contribution < -0.4 is 0 Å². The molecule has 0 radical (unpaired) electrons. The van der Waals surface area contributed by atoms with Crippen molar-refractivity contribution in [3.8, 4) is 0 Å². The lowest BCUT2D eigenvalue weighted by Crippen LogP contribution is -2.20. The Morgan fingerprint density at radius 2 is 2.06 bits per heavy atom. The van der Waals surface area contributed by atoms with E-state index in [9.17, 15) is 9.59 Å². The molecule has 1 fully saturated rings. The molecule has 6 heteroatoms. The van der Waals surface area contributed by atoms with E-state index >= 15 is 0 Å². The maximum absolute atomic E-state index is 11.2. The molecular formula is C12H15NO5. The van der Waals surface area contributed by atoms with Crippen LogP contribution in [0.1, 0.15) is 48.0 Å². The Kier molecular flexibility index (Phi) is 3.64. The second-order valence-corrected chi connectivity index (χ2v) is 4.45. The predicted octanol–water partition coefficient (Wildman–Crippen LogP) is 1.82. The van der Waals surface area contributed by atoms with Gasteiger partial charge in [-0.1, -0.05) is 0 Å². The third-order valence-corrected chi connectivity index (χ3v) is 3.34. The van der Waals surface area contributed by atoms with E-state index in [4.69, 9.17) is 9.52 Å². The van der Waals surface area contributed by atoms with Gasteiger partial charge in [0, 0.05) is 5.92 Å². The highest BCUT2D eigenvalue weighted by Gasteiger charge is 2.29. The van der Waals surface area contributed by atoms with Gasteiger partial charge in [-0.15, -0.1) is 0 Å². The number of rotatable bonds is 3. The summed E-state index contributed by atoms with van der Waals surface area (Å²) in [7, 11) is 1.29. The summed E-state index contributed by atoms with van der Waals surface area (Å²) < 4.78 is 9.81. The average Bonchev–Trinajstić information content (AvgIpc) is 2.87. The Morgan fingerprint density at radius 1 is 1.39 bits per heavy atom. The highest BCUT2D eigenvalue weighted by molar-refractivity contribution is 5.86. The van der Waals surface area contributed by atoms with Crippen LogP contribution in [0.4, 0.5) is 0 Å². The van der Waals surface area contributed by atoms with Gasteiger partial charge in [0.05, 0.1) is 13.0 Å². The molecule has 0 atom stereocenters. The summed E-state index contributed by atoms with van der Waals surface area (Å²) >= 11 is 0. The van der Waals surface area contributed by atoms with Crippen molar-refractivity contribution >= 4 is 11.9 Å². The minimum Gasteiger partial charge on any atom is -0.481 e. The number of methoxy groups -OCH3 is 1. The fraction of sp³-hybridized carbons (Fsp3) is 0.583. The second-order valence-electron chi connectivity index (χ2n) is 4.45. The first-order valence-corrected chi connectivity index (χ1v) is 5.88. The molecule has 18 heavy (non-hydrogen) atoms.